The maximum atomic E-state index is 5.74. The van der Waals surface area contributed by atoms with Crippen molar-refractivity contribution in [3.05, 3.63) is 66.0 Å². The second kappa shape index (κ2) is 5.65. The van der Waals surface area contributed by atoms with Crippen LogP contribution in [0, 0.1) is 0 Å². The van der Waals surface area contributed by atoms with E-state index in [1.165, 1.54) is 0 Å². The fraction of sp³-hybridized carbons (Fsp3) is 0.0769. The molecule has 0 aliphatic rings. The van der Waals surface area contributed by atoms with Crippen molar-refractivity contribution < 1.29 is 4.84 Å². The SMILES string of the molecule is N/C(=N\OCc1ccccc1)c1cccnc1. The Bertz CT molecular complexity index is 483. The maximum absolute atomic E-state index is 5.74. The average Bonchev–Trinajstić information content (AvgIpc) is 2.41. The summed E-state index contributed by atoms with van der Waals surface area (Å²) in [5.74, 6) is 0.328. The van der Waals surface area contributed by atoms with Gasteiger partial charge in [-0.2, -0.15) is 0 Å². The lowest BCUT2D eigenvalue weighted by Crippen LogP contribution is -2.13. The molecule has 0 atom stereocenters. The van der Waals surface area contributed by atoms with Crippen molar-refractivity contribution in [2.75, 3.05) is 0 Å². The minimum Gasteiger partial charge on any atom is -0.389 e. The Morgan fingerprint density at radius 3 is 2.71 bits per heavy atom. The molecule has 17 heavy (non-hydrogen) atoms. The predicted octanol–water partition coefficient (Wildman–Crippen LogP) is 1.92. The molecule has 0 saturated heterocycles. The van der Waals surface area contributed by atoms with Crippen LogP contribution in [0.3, 0.4) is 0 Å². The molecule has 0 saturated carbocycles. The van der Waals surface area contributed by atoms with Gasteiger partial charge in [0.05, 0.1) is 0 Å². The summed E-state index contributed by atoms with van der Waals surface area (Å²) in [6.07, 6.45) is 3.33. The Hall–Kier alpha value is -2.36. The molecule has 0 unspecified atom stereocenters. The van der Waals surface area contributed by atoms with Gasteiger partial charge in [0.1, 0.15) is 6.61 Å². The molecular formula is C13H13N3O. The summed E-state index contributed by atoms with van der Waals surface area (Å²) in [4.78, 5) is 9.13. The highest BCUT2D eigenvalue weighted by Gasteiger charge is 1.97. The molecule has 2 N–H and O–H groups in total. The van der Waals surface area contributed by atoms with Gasteiger partial charge in [-0.15, -0.1) is 0 Å². The Labute approximate surface area is 99.7 Å². The molecule has 2 rings (SSSR count). The van der Waals surface area contributed by atoms with Crippen molar-refractivity contribution in [2.24, 2.45) is 10.9 Å². The van der Waals surface area contributed by atoms with Gasteiger partial charge in [0.25, 0.3) is 0 Å². The standard InChI is InChI=1S/C13H13N3O/c14-13(12-7-4-8-15-9-12)16-17-10-11-5-2-1-3-6-11/h1-9H,10H2,(H2,14,16). The topological polar surface area (TPSA) is 60.5 Å². The van der Waals surface area contributed by atoms with E-state index in [0.717, 1.165) is 11.1 Å². The first-order valence-corrected chi connectivity index (χ1v) is 5.26. The van der Waals surface area contributed by atoms with Crippen molar-refractivity contribution >= 4 is 5.84 Å². The zero-order valence-corrected chi connectivity index (χ0v) is 9.28. The van der Waals surface area contributed by atoms with Crippen LogP contribution in [0.1, 0.15) is 11.1 Å². The van der Waals surface area contributed by atoms with Crippen molar-refractivity contribution in [1.82, 2.24) is 4.98 Å². The van der Waals surface area contributed by atoms with Crippen molar-refractivity contribution in [1.29, 1.82) is 0 Å². The second-order valence-electron chi connectivity index (χ2n) is 3.48. The number of nitrogens with two attached hydrogens (primary N) is 1. The fourth-order valence-electron chi connectivity index (χ4n) is 1.32. The number of hydrogen-bond donors (Lipinski definition) is 1. The Morgan fingerprint density at radius 1 is 1.18 bits per heavy atom. The van der Waals surface area contributed by atoms with E-state index in [1.807, 2.05) is 36.4 Å². The third-order valence-electron chi connectivity index (χ3n) is 2.19. The minimum atomic E-state index is 0.328. The Balaban J connectivity index is 1.93. The van der Waals surface area contributed by atoms with Gasteiger partial charge in [0.15, 0.2) is 5.84 Å². The Morgan fingerprint density at radius 2 is 2.00 bits per heavy atom. The molecule has 86 valence electrons. The van der Waals surface area contributed by atoms with Crippen LogP contribution in [0.15, 0.2) is 60.0 Å². The number of amidine groups is 1. The van der Waals surface area contributed by atoms with Crippen LogP contribution >= 0.6 is 0 Å². The molecule has 0 radical (unpaired) electrons. The summed E-state index contributed by atoms with van der Waals surface area (Å²) >= 11 is 0. The van der Waals surface area contributed by atoms with Gasteiger partial charge < -0.3 is 10.6 Å². The fourth-order valence-corrected chi connectivity index (χ4v) is 1.32. The van der Waals surface area contributed by atoms with Crippen LogP contribution < -0.4 is 5.73 Å². The zero-order valence-electron chi connectivity index (χ0n) is 9.28. The largest absolute Gasteiger partial charge is 0.389 e. The lowest BCUT2D eigenvalue weighted by Gasteiger charge is -2.01. The van der Waals surface area contributed by atoms with E-state index >= 15 is 0 Å². The van der Waals surface area contributed by atoms with Gasteiger partial charge in [0, 0.05) is 18.0 Å². The maximum Gasteiger partial charge on any atom is 0.171 e. The smallest absolute Gasteiger partial charge is 0.171 e. The first kappa shape index (κ1) is 11.1. The van der Waals surface area contributed by atoms with Crippen molar-refractivity contribution in [3.63, 3.8) is 0 Å². The summed E-state index contributed by atoms with van der Waals surface area (Å²) in [5, 5.41) is 3.84. The molecule has 4 heteroatoms. The van der Waals surface area contributed by atoms with Gasteiger partial charge in [-0.1, -0.05) is 35.5 Å². The number of rotatable bonds is 4. The molecule has 0 aliphatic heterocycles. The monoisotopic (exact) mass is 227 g/mol. The predicted molar refractivity (Wildman–Crippen MR) is 66.2 cm³/mol. The van der Waals surface area contributed by atoms with Crippen LogP contribution in [0.5, 0.6) is 0 Å². The number of nitrogens with zero attached hydrogens (tertiary/aromatic N) is 2. The number of benzene rings is 1. The van der Waals surface area contributed by atoms with E-state index in [0.29, 0.717) is 12.4 Å². The molecule has 0 spiro atoms. The lowest BCUT2D eigenvalue weighted by molar-refractivity contribution is 0.130. The van der Waals surface area contributed by atoms with E-state index in [-0.39, 0.29) is 0 Å². The first-order valence-electron chi connectivity index (χ1n) is 5.26. The van der Waals surface area contributed by atoms with E-state index in [1.54, 1.807) is 18.5 Å². The molecule has 0 aliphatic carbocycles. The van der Waals surface area contributed by atoms with Crippen LogP contribution in [0.25, 0.3) is 0 Å². The molecule has 0 fully saturated rings. The molecule has 1 aromatic heterocycles. The van der Waals surface area contributed by atoms with Gasteiger partial charge in [-0.25, -0.2) is 0 Å². The van der Waals surface area contributed by atoms with Crippen molar-refractivity contribution in [3.8, 4) is 0 Å². The van der Waals surface area contributed by atoms with Crippen molar-refractivity contribution in [2.45, 2.75) is 6.61 Å². The molecule has 0 bridgehead atoms. The molecule has 1 heterocycles. The minimum absolute atomic E-state index is 0.328. The van der Waals surface area contributed by atoms with Crippen LogP contribution in [-0.2, 0) is 11.4 Å². The number of pyridine rings is 1. The summed E-state index contributed by atoms with van der Waals surface area (Å²) in [5.41, 5.74) is 7.55. The van der Waals surface area contributed by atoms with E-state index in [2.05, 4.69) is 10.1 Å². The van der Waals surface area contributed by atoms with Gasteiger partial charge in [-0.3, -0.25) is 4.98 Å². The average molecular weight is 227 g/mol. The summed E-state index contributed by atoms with van der Waals surface area (Å²) < 4.78 is 0. The van der Waals surface area contributed by atoms with Gasteiger partial charge in [-0.05, 0) is 17.7 Å². The van der Waals surface area contributed by atoms with Crippen LogP contribution in [0.4, 0.5) is 0 Å². The molecule has 2 aromatic rings. The van der Waals surface area contributed by atoms with E-state index < -0.39 is 0 Å². The second-order valence-corrected chi connectivity index (χ2v) is 3.48. The lowest BCUT2D eigenvalue weighted by atomic mass is 10.2. The highest BCUT2D eigenvalue weighted by Crippen LogP contribution is 2.01. The van der Waals surface area contributed by atoms with Gasteiger partial charge in [0.2, 0.25) is 0 Å². The first-order chi connectivity index (χ1) is 8.36. The number of hydrogen-bond acceptors (Lipinski definition) is 3. The third-order valence-corrected chi connectivity index (χ3v) is 2.19. The zero-order chi connectivity index (χ0) is 11.9. The molecular weight excluding hydrogens is 214 g/mol. The summed E-state index contributed by atoms with van der Waals surface area (Å²) in [7, 11) is 0. The Kier molecular flexibility index (Phi) is 3.70. The highest BCUT2D eigenvalue weighted by molar-refractivity contribution is 5.96. The van der Waals surface area contributed by atoms with E-state index in [9.17, 15) is 0 Å². The van der Waals surface area contributed by atoms with Gasteiger partial charge >= 0.3 is 0 Å². The normalized spacial score (nSPS) is 11.2. The third kappa shape index (κ3) is 3.31. The summed E-state index contributed by atoms with van der Waals surface area (Å²) in [6.45, 7) is 0.405. The van der Waals surface area contributed by atoms with E-state index in [4.69, 9.17) is 10.6 Å². The quantitative estimate of drug-likeness (QED) is 0.493. The number of oxime groups is 1. The summed E-state index contributed by atoms with van der Waals surface area (Å²) in [6, 6.07) is 13.4. The molecule has 4 nitrogen and oxygen atoms in total. The van der Waals surface area contributed by atoms with Crippen LogP contribution in [-0.4, -0.2) is 10.8 Å². The highest BCUT2D eigenvalue weighted by atomic mass is 16.6. The van der Waals surface area contributed by atoms with Crippen LogP contribution in [0.2, 0.25) is 0 Å². The number of aromatic nitrogens is 1. The molecule has 1 aromatic carbocycles. The molecule has 0 amide bonds.